The summed E-state index contributed by atoms with van der Waals surface area (Å²) >= 11 is 0. The Labute approximate surface area is 52.7 Å². The van der Waals surface area contributed by atoms with Crippen molar-refractivity contribution in [2.45, 2.75) is 6.42 Å². The van der Waals surface area contributed by atoms with Gasteiger partial charge in [-0.3, -0.25) is 4.99 Å². The van der Waals surface area contributed by atoms with Gasteiger partial charge in [-0.05, 0) is 0 Å². The average Bonchev–Trinajstić information content (AvgIpc) is 1.90. The first-order chi connectivity index (χ1) is 4.30. The highest BCUT2D eigenvalue weighted by Gasteiger charge is 2.07. The molecule has 0 aliphatic carbocycles. The van der Waals surface area contributed by atoms with E-state index in [1.807, 2.05) is 12.2 Å². The Hall–Kier alpha value is -1.12. The maximum absolute atomic E-state index is 10.2. The number of dihydropyridines is 1. The fraction of sp³-hybridized carbons (Fsp3) is 0.333. The maximum atomic E-state index is 10.2. The predicted molar refractivity (Wildman–Crippen MR) is 33.7 cm³/mol. The molecule has 0 unspecified atom stereocenters. The smallest absolute Gasteiger partial charge is 0.350 e. The molecule has 1 aliphatic heterocycles. The van der Waals surface area contributed by atoms with Gasteiger partial charge in [-0.15, -0.1) is 0 Å². The summed E-state index contributed by atoms with van der Waals surface area (Å²) in [6, 6.07) is 0. The number of rotatable bonds is 1. The molecule has 0 aromatic carbocycles. The van der Waals surface area contributed by atoms with Crippen LogP contribution in [0, 0.1) is 0 Å². The first-order valence-electron chi connectivity index (χ1n) is 2.72. The Morgan fingerprint density at radius 2 is 2.44 bits per heavy atom. The third-order valence-corrected chi connectivity index (χ3v) is 1.11. The van der Waals surface area contributed by atoms with Crippen LogP contribution in [0.1, 0.15) is 6.42 Å². The van der Waals surface area contributed by atoms with Gasteiger partial charge in [-0.1, -0.05) is 12.2 Å². The van der Waals surface area contributed by atoms with E-state index in [1.165, 1.54) is 0 Å². The van der Waals surface area contributed by atoms with Crippen LogP contribution in [0.25, 0.3) is 0 Å². The molecule has 48 valence electrons. The molecule has 0 spiro atoms. The molecule has 0 atom stereocenters. The van der Waals surface area contributed by atoms with Crippen molar-refractivity contribution in [3.8, 4) is 0 Å². The number of carboxylic acids is 1. The van der Waals surface area contributed by atoms with Gasteiger partial charge >= 0.3 is 5.97 Å². The zero-order chi connectivity index (χ0) is 6.69. The third kappa shape index (κ3) is 1.38. The number of carboxylic acid groups (broad SMARTS) is 1. The molecule has 0 aromatic rings. The average molecular weight is 125 g/mol. The molecule has 9 heavy (non-hydrogen) atoms. The minimum Gasteiger partial charge on any atom is -0.477 e. The van der Waals surface area contributed by atoms with Gasteiger partial charge in [0.2, 0.25) is 0 Å². The van der Waals surface area contributed by atoms with Crippen molar-refractivity contribution in [1.82, 2.24) is 0 Å². The van der Waals surface area contributed by atoms with E-state index in [0.29, 0.717) is 13.0 Å². The van der Waals surface area contributed by atoms with E-state index in [4.69, 9.17) is 5.11 Å². The number of aliphatic carboxylic acids is 1. The molecule has 0 radical (unpaired) electrons. The van der Waals surface area contributed by atoms with Crippen LogP contribution in [-0.2, 0) is 4.79 Å². The molecule has 1 N–H and O–H groups in total. The lowest BCUT2D eigenvalue weighted by Gasteiger charge is -1.99. The second kappa shape index (κ2) is 2.44. The van der Waals surface area contributed by atoms with Gasteiger partial charge in [0.1, 0.15) is 5.71 Å². The Balaban J connectivity index is 2.61. The first kappa shape index (κ1) is 6.01. The van der Waals surface area contributed by atoms with Gasteiger partial charge in [-0.2, -0.15) is 0 Å². The van der Waals surface area contributed by atoms with Crippen LogP contribution < -0.4 is 0 Å². The summed E-state index contributed by atoms with van der Waals surface area (Å²) in [5, 5.41) is 8.37. The highest BCUT2D eigenvalue weighted by molar-refractivity contribution is 6.36. The Bertz CT molecular complexity index is 181. The second-order valence-electron chi connectivity index (χ2n) is 1.77. The molecule has 0 amide bonds. The standard InChI is InChI=1S/C6H7NO2/c8-6(9)5-3-1-2-4-7-5/h1-2H,3-4H2,(H,8,9). The van der Waals surface area contributed by atoms with Crippen LogP contribution >= 0.6 is 0 Å². The van der Waals surface area contributed by atoms with Crippen LogP contribution in [0.2, 0.25) is 0 Å². The molecule has 0 aromatic heterocycles. The van der Waals surface area contributed by atoms with E-state index in [1.54, 1.807) is 0 Å². The number of aliphatic imine (C=N–C) groups is 1. The lowest BCUT2D eigenvalue weighted by atomic mass is 10.2. The summed E-state index contributed by atoms with van der Waals surface area (Å²) in [7, 11) is 0. The van der Waals surface area contributed by atoms with Crippen LogP contribution in [0.5, 0.6) is 0 Å². The minimum absolute atomic E-state index is 0.262. The van der Waals surface area contributed by atoms with Crippen molar-refractivity contribution in [2.24, 2.45) is 4.99 Å². The van der Waals surface area contributed by atoms with Gasteiger partial charge in [0, 0.05) is 6.42 Å². The van der Waals surface area contributed by atoms with E-state index >= 15 is 0 Å². The predicted octanol–water partition coefficient (Wildman–Crippen LogP) is 0.472. The summed E-state index contributed by atoms with van der Waals surface area (Å²) in [5.41, 5.74) is 0.262. The van der Waals surface area contributed by atoms with Gasteiger partial charge in [-0.25, -0.2) is 4.79 Å². The molecule has 0 saturated carbocycles. The number of allylic oxidation sites excluding steroid dienone is 1. The SMILES string of the molecule is O=C(O)C1=NCC=CC1. The Kier molecular flexibility index (Phi) is 1.63. The second-order valence-corrected chi connectivity index (χ2v) is 1.77. The molecule has 3 nitrogen and oxygen atoms in total. The number of nitrogens with zero attached hydrogens (tertiary/aromatic N) is 1. The van der Waals surface area contributed by atoms with Gasteiger partial charge < -0.3 is 5.11 Å². The minimum atomic E-state index is -0.903. The van der Waals surface area contributed by atoms with Crippen LogP contribution in [0.3, 0.4) is 0 Å². The molecule has 3 heteroatoms. The van der Waals surface area contributed by atoms with Crippen molar-refractivity contribution in [2.75, 3.05) is 6.54 Å². The summed E-state index contributed by atoms with van der Waals surface area (Å²) in [4.78, 5) is 13.9. The topological polar surface area (TPSA) is 49.7 Å². The Morgan fingerprint density at radius 1 is 1.67 bits per heavy atom. The highest BCUT2D eigenvalue weighted by atomic mass is 16.4. The molecule has 0 fully saturated rings. The van der Waals surface area contributed by atoms with Crippen molar-refractivity contribution in [3.63, 3.8) is 0 Å². The third-order valence-electron chi connectivity index (χ3n) is 1.11. The summed E-state index contributed by atoms with van der Waals surface area (Å²) in [5.74, 6) is -0.903. The van der Waals surface area contributed by atoms with Crippen LogP contribution in [0.4, 0.5) is 0 Å². The van der Waals surface area contributed by atoms with Gasteiger partial charge in [0.05, 0.1) is 6.54 Å². The lowest BCUT2D eigenvalue weighted by molar-refractivity contribution is -0.129. The monoisotopic (exact) mass is 125 g/mol. The van der Waals surface area contributed by atoms with E-state index in [0.717, 1.165) is 0 Å². The van der Waals surface area contributed by atoms with Crippen LogP contribution in [0.15, 0.2) is 17.1 Å². The zero-order valence-electron chi connectivity index (χ0n) is 4.87. The quantitative estimate of drug-likeness (QED) is 0.518. The molecular formula is C6H7NO2. The summed E-state index contributed by atoms with van der Waals surface area (Å²) in [6.45, 7) is 0.516. The molecular weight excluding hydrogens is 118 g/mol. The zero-order valence-corrected chi connectivity index (χ0v) is 4.87. The number of hydrogen-bond acceptors (Lipinski definition) is 2. The number of hydrogen-bond donors (Lipinski definition) is 1. The van der Waals surface area contributed by atoms with Crippen molar-refractivity contribution < 1.29 is 9.90 Å². The van der Waals surface area contributed by atoms with Crippen molar-refractivity contribution in [1.29, 1.82) is 0 Å². The van der Waals surface area contributed by atoms with Gasteiger partial charge in [0.25, 0.3) is 0 Å². The van der Waals surface area contributed by atoms with E-state index in [-0.39, 0.29) is 5.71 Å². The molecule has 1 heterocycles. The van der Waals surface area contributed by atoms with Crippen LogP contribution in [-0.4, -0.2) is 23.3 Å². The largest absolute Gasteiger partial charge is 0.477 e. The van der Waals surface area contributed by atoms with Gasteiger partial charge in [0.15, 0.2) is 0 Å². The van der Waals surface area contributed by atoms with Crippen molar-refractivity contribution >= 4 is 11.7 Å². The molecule has 0 saturated heterocycles. The normalized spacial score (nSPS) is 17.1. The fourth-order valence-corrected chi connectivity index (χ4v) is 0.652. The summed E-state index contributed by atoms with van der Waals surface area (Å²) in [6.07, 6.45) is 4.14. The van der Waals surface area contributed by atoms with E-state index < -0.39 is 5.97 Å². The fourth-order valence-electron chi connectivity index (χ4n) is 0.652. The van der Waals surface area contributed by atoms with E-state index in [2.05, 4.69) is 4.99 Å². The maximum Gasteiger partial charge on any atom is 0.350 e. The molecule has 1 aliphatic rings. The van der Waals surface area contributed by atoms with E-state index in [9.17, 15) is 4.79 Å². The summed E-state index contributed by atoms with van der Waals surface area (Å²) < 4.78 is 0. The molecule has 0 bridgehead atoms. The first-order valence-corrected chi connectivity index (χ1v) is 2.72. The highest BCUT2D eigenvalue weighted by Crippen LogP contribution is 1.96. The lowest BCUT2D eigenvalue weighted by Crippen LogP contribution is -2.14. The molecule has 1 rings (SSSR count). The Morgan fingerprint density at radius 3 is 2.78 bits per heavy atom. The van der Waals surface area contributed by atoms with Crippen molar-refractivity contribution in [3.05, 3.63) is 12.2 Å². The number of carbonyl (C=O) groups is 1.